The number of nitrogens with one attached hydrogen (secondary N) is 1. The minimum Gasteiger partial charge on any atom is -0.444 e. The lowest BCUT2D eigenvalue weighted by Gasteiger charge is -2.37. The third-order valence-corrected chi connectivity index (χ3v) is 5.80. The highest BCUT2D eigenvalue weighted by molar-refractivity contribution is 7.74. The molecule has 8 nitrogen and oxygen atoms in total. The van der Waals surface area contributed by atoms with E-state index in [1.807, 2.05) is 26.8 Å². The van der Waals surface area contributed by atoms with Crippen LogP contribution in [0.25, 0.3) is 0 Å². The topological polar surface area (TPSA) is 96.0 Å². The number of fused-ring (bicyclic) bond motifs is 1. The summed E-state index contributed by atoms with van der Waals surface area (Å²) in [5.41, 5.74) is 1.71. The van der Waals surface area contributed by atoms with Crippen LogP contribution in [0, 0.1) is 0 Å². The quantitative estimate of drug-likeness (QED) is 0.747. The zero-order chi connectivity index (χ0) is 20.5. The number of aryl methyl sites for hydroxylation is 1. The van der Waals surface area contributed by atoms with Gasteiger partial charge in [-0.25, -0.2) is 13.2 Å². The lowest BCUT2D eigenvalue weighted by Crippen LogP contribution is -2.47. The molecule has 28 heavy (non-hydrogen) atoms. The summed E-state index contributed by atoms with van der Waals surface area (Å²) in [7, 11) is -2.83. The van der Waals surface area contributed by atoms with Crippen molar-refractivity contribution in [3.63, 3.8) is 0 Å². The fourth-order valence-corrected chi connectivity index (χ4v) is 4.38. The Labute approximate surface area is 166 Å². The summed E-state index contributed by atoms with van der Waals surface area (Å²) >= 11 is 0. The van der Waals surface area contributed by atoms with E-state index in [4.69, 9.17) is 4.74 Å². The van der Waals surface area contributed by atoms with Gasteiger partial charge in [0.1, 0.15) is 5.60 Å². The van der Waals surface area contributed by atoms with Gasteiger partial charge in [0.2, 0.25) is 16.8 Å². The maximum atomic E-state index is 12.2. The van der Waals surface area contributed by atoms with Crippen molar-refractivity contribution in [1.82, 2.24) is 4.90 Å². The van der Waals surface area contributed by atoms with Crippen LogP contribution in [0.5, 0.6) is 0 Å². The highest BCUT2D eigenvalue weighted by atomic mass is 32.2. The van der Waals surface area contributed by atoms with Crippen molar-refractivity contribution in [1.29, 1.82) is 0 Å². The molecule has 3 rings (SSSR count). The normalized spacial score (nSPS) is 17.9. The highest BCUT2D eigenvalue weighted by Gasteiger charge is 2.31. The third-order valence-electron chi connectivity index (χ3n) is 4.89. The first kappa shape index (κ1) is 20.4. The number of carbonyl (C=O) groups excluding carboxylic acids is 2. The van der Waals surface area contributed by atoms with Crippen LogP contribution in [0.2, 0.25) is 0 Å². The van der Waals surface area contributed by atoms with Crippen molar-refractivity contribution < 1.29 is 22.7 Å². The lowest BCUT2D eigenvalue weighted by atomic mass is 10.0. The number of hydrogen-bond acceptors (Lipinski definition) is 5. The van der Waals surface area contributed by atoms with E-state index in [1.165, 1.54) is 4.31 Å². The number of likely N-dealkylation sites (tertiary alicyclic amines) is 1. The van der Waals surface area contributed by atoms with Gasteiger partial charge in [0, 0.05) is 31.2 Å². The second-order valence-electron chi connectivity index (χ2n) is 8.17. The van der Waals surface area contributed by atoms with Gasteiger partial charge >= 0.3 is 6.09 Å². The van der Waals surface area contributed by atoms with Crippen LogP contribution in [0.1, 0.15) is 45.6 Å². The molecule has 154 valence electrons. The fourth-order valence-electron chi connectivity index (χ4n) is 3.57. The molecule has 0 aliphatic carbocycles. The molecule has 1 saturated heterocycles. The number of ether oxygens (including phenoxy) is 1. The Bertz CT molecular complexity index is 830. The van der Waals surface area contributed by atoms with E-state index >= 15 is 0 Å². The van der Waals surface area contributed by atoms with E-state index in [9.17, 15) is 18.0 Å². The SMILES string of the molecule is CC(C)(C)OC(=O)N1CCC(N(c2ccc3c(c2)CCC(=O)N3)[SH](=O)=O)CC1. The molecule has 0 spiro atoms. The number of nitrogens with zero attached hydrogens (tertiary/aromatic N) is 2. The number of rotatable bonds is 3. The molecule has 1 aromatic carbocycles. The minimum atomic E-state index is -2.83. The van der Waals surface area contributed by atoms with E-state index in [2.05, 4.69) is 5.32 Å². The number of thiol groups is 1. The number of carbonyl (C=O) groups is 2. The Morgan fingerprint density at radius 2 is 1.89 bits per heavy atom. The summed E-state index contributed by atoms with van der Waals surface area (Å²) in [6.45, 7) is 6.35. The molecule has 2 amide bonds. The van der Waals surface area contributed by atoms with E-state index in [-0.39, 0.29) is 18.0 Å². The largest absolute Gasteiger partial charge is 0.444 e. The number of amides is 2. The Hall–Kier alpha value is -2.29. The molecule has 0 radical (unpaired) electrons. The Morgan fingerprint density at radius 1 is 1.21 bits per heavy atom. The number of benzene rings is 1. The van der Waals surface area contributed by atoms with Gasteiger partial charge in [-0.2, -0.15) is 0 Å². The average Bonchev–Trinajstić information content (AvgIpc) is 2.61. The summed E-state index contributed by atoms with van der Waals surface area (Å²) < 4.78 is 30.8. The van der Waals surface area contributed by atoms with Crippen LogP contribution >= 0.6 is 0 Å². The standard InChI is InChI=1S/C19H27N3O5S/c1-19(2,3)27-18(24)21-10-8-14(9-11-21)22(28(25)26)15-5-6-16-13(12-15)4-7-17(23)20-16/h5-6,12,14,28H,4,7-11H2,1-3H3,(H,20,23). The second-order valence-corrected chi connectivity index (χ2v) is 9.08. The highest BCUT2D eigenvalue weighted by Crippen LogP contribution is 2.30. The van der Waals surface area contributed by atoms with Crippen LogP contribution in [-0.4, -0.2) is 50.1 Å². The van der Waals surface area contributed by atoms with Crippen LogP contribution in [0.4, 0.5) is 16.2 Å². The lowest BCUT2D eigenvalue weighted by molar-refractivity contribution is -0.116. The average molecular weight is 410 g/mol. The minimum absolute atomic E-state index is 0.0264. The van der Waals surface area contributed by atoms with Crippen molar-refractivity contribution in [2.24, 2.45) is 0 Å². The third kappa shape index (κ3) is 4.76. The van der Waals surface area contributed by atoms with E-state index < -0.39 is 16.5 Å². The summed E-state index contributed by atoms with van der Waals surface area (Å²) in [4.78, 5) is 25.4. The van der Waals surface area contributed by atoms with Crippen molar-refractivity contribution in [3.05, 3.63) is 23.8 Å². The summed E-state index contributed by atoms with van der Waals surface area (Å²) in [6, 6.07) is 5.09. The number of anilines is 2. The van der Waals surface area contributed by atoms with Gasteiger partial charge < -0.3 is 15.0 Å². The van der Waals surface area contributed by atoms with Gasteiger partial charge in [-0.05, 0) is 63.8 Å². The van der Waals surface area contributed by atoms with Crippen LogP contribution in [0.15, 0.2) is 18.2 Å². The molecule has 0 aromatic heterocycles. The molecule has 2 heterocycles. The van der Waals surface area contributed by atoms with E-state index in [1.54, 1.807) is 17.0 Å². The van der Waals surface area contributed by atoms with Crippen LogP contribution in [0.3, 0.4) is 0 Å². The number of hydrogen-bond donors (Lipinski definition) is 2. The number of piperidine rings is 1. The van der Waals surface area contributed by atoms with Crippen molar-refractivity contribution >= 4 is 34.3 Å². The summed E-state index contributed by atoms with van der Waals surface area (Å²) in [6.07, 6.45) is 1.70. The molecular formula is C19H27N3O5S. The maximum Gasteiger partial charge on any atom is 0.410 e. The zero-order valence-electron chi connectivity index (χ0n) is 16.4. The molecular weight excluding hydrogens is 382 g/mol. The van der Waals surface area contributed by atoms with E-state index in [0.29, 0.717) is 44.5 Å². The van der Waals surface area contributed by atoms with Crippen LogP contribution in [-0.2, 0) is 26.8 Å². The van der Waals surface area contributed by atoms with Crippen LogP contribution < -0.4 is 9.62 Å². The molecule has 0 atom stereocenters. The van der Waals surface area contributed by atoms with Gasteiger partial charge in [-0.3, -0.25) is 9.10 Å². The first-order valence-electron chi connectivity index (χ1n) is 9.48. The zero-order valence-corrected chi connectivity index (χ0v) is 17.3. The Morgan fingerprint density at radius 3 is 2.50 bits per heavy atom. The molecule has 2 aliphatic heterocycles. The fraction of sp³-hybridized carbons (Fsp3) is 0.579. The van der Waals surface area contributed by atoms with Crippen molar-refractivity contribution in [2.45, 2.75) is 58.1 Å². The van der Waals surface area contributed by atoms with Gasteiger partial charge in [0.05, 0.1) is 5.69 Å². The van der Waals surface area contributed by atoms with Crippen molar-refractivity contribution in [2.75, 3.05) is 22.7 Å². The van der Waals surface area contributed by atoms with Gasteiger partial charge in [-0.15, -0.1) is 0 Å². The Balaban J connectivity index is 1.71. The molecule has 0 unspecified atom stereocenters. The molecule has 1 fully saturated rings. The first-order valence-corrected chi connectivity index (χ1v) is 10.6. The smallest absolute Gasteiger partial charge is 0.410 e. The van der Waals surface area contributed by atoms with Gasteiger partial charge in [0.15, 0.2) is 0 Å². The second kappa shape index (κ2) is 7.98. The summed E-state index contributed by atoms with van der Waals surface area (Å²) in [5.74, 6) is -0.0264. The monoisotopic (exact) mass is 409 g/mol. The molecule has 1 aromatic rings. The molecule has 2 aliphatic rings. The first-order chi connectivity index (χ1) is 13.1. The molecule has 0 saturated carbocycles. The van der Waals surface area contributed by atoms with Crippen molar-refractivity contribution in [3.8, 4) is 0 Å². The maximum absolute atomic E-state index is 12.2. The van der Waals surface area contributed by atoms with E-state index in [0.717, 1.165) is 11.3 Å². The summed E-state index contributed by atoms with van der Waals surface area (Å²) in [5, 5.41) is 2.81. The molecule has 0 bridgehead atoms. The Kier molecular flexibility index (Phi) is 5.83. The van der Waals surface area contributed by atoms with Gasteiger partial charge in [0.25, 0.3) is 0 Å². The molecule has 9 heteroatoms. The van der Waals surface area contributed by atoms with Gasteiger partial charge in [-0.1, -0.05) is 0 Å². The predicted molar refractivity (Wildman–Crippen MR) is 107 cm³/mol. The molecule has 1 N–H and O–H groups in total. The predicted octanol–water partition coefficient (Wildman–Crippen LogP) is 2.30.